The number of unbranched alkanes of at least 4 members (excludes halogenated alkanes) is 1. The Morgan fingerprint density at radius 3 is 2.68 bits per heavy atom. The number of nitrogens with zero attached hydrogens (tertiary/aromatic N) is 2. The van der Waals surface area contributed by atoms with E-state index in [0.717, 1.165) is 43.1 Å². The van der Waals surface area contributed by atoms with E-state index >= 15 is 0 Å². The molecular formula is C20H25ClN2O2. The van der Waals surface area contributed by atoms with Crippen LogP contribution in [-0.4, -0.2) is 23.3 Å². The second-order valence-electron chi connectivity index (χ2n) is 5.97. The molecule has 1 aromatic heterocycles. The second kappa shape index (κ2) is 9.44. The van der Waals surface area contributed by atoms with Gasteiger partial charge >= 0.3 is 0 Å². The lowest BCUT2D eigenvalue weighted by Crippen LogP contribution is -2.07. The van der Waals surface area contributed by atoms with Crippen LogP contribution >= 0.6 is 12.4 Å². The van der Waals surface area contributed by atoms with Gasteiger partial charge in [-0.15, -0.1) is 12.4 Å². The number of hydrogen-bond donors (Lipinski definition) is 0. The number of imidazole rings is 1. The normalized spacial score (nSPS) is 10.6. The minimum absolute atomic E-state index is 0. The average Bonchev–Trinajstić information content (AvgIpc) is 2.93. The van der Waals surface area contributed by atoms with Crippen LogP contribution in [-0.2, 0) is 17.9 Å². The summed E-state index contributed by atoms with van der Waals surface area (Å²) in [4.78, 5) is 4.67. The van der Waals surface area contributed by atoms with Crippen molar-refractivity contribution in [3.8, 4) is 5.75 Å². The lowest BCUT2D eigenvalue weighted by molar-refractivity contribution is 0.174. The monoisotopic (exact) mass is 360 g/mol. The standard InChI is InChI=1S/C20H24N2O2.ClH/c1-16-8-7-9-17(14-16)24-13-6-5-12-22-19-11-4-3-10-18(19)21-20(22)15-23-2;/h3-4,7-11,14H,5-6,12-13,15H2,1-2H3;1H. The number of halogens is 1. The van der Waals surface area contributed by atoms with Crippen LogP contribution in [0.4, 0.5) is 0 Å². The Labute approximate surface area is 155 Å². The second-order valence-corrected chi connectivity index (χ2v) is 5.97. The Morgan fingerprint density at radius 1 is 1.04 bits per heavy atom. The molecule has 0 spiro atoms. The predicted octanol–water partition coefficient (Wildman–Crippen LogP) is 4.77. The van der Waals surface area contributed by atoms with Crippen LogP contribution in [0.5, 0.6) is 5.75 Å². The molecule has 0 aliphatic carbocycles. The summed E-state index contributed by atoms with van der Waals surface area (Å²) in [6.07, 6.45) is 2.05. The third kappa shape index (κ3) is 4.97. The van der Waals surface area contributed by atoms with Gasteiger partial charge in [-0.1, -0.05) is 24.3 Å². The van der Waals surface area contributed by atoms with E-state index in [1.807, 2.05) is 24.3 Å². The third-order valence-electron chi connectivity index (χ3n) is 4.04. The fraction of sp³-hybridized carbons (Fsp3) is 0.350. The van der Waals surface area contributed by atoms with Crippen LogP contribution in [0.2, 0.25) is 0 Å². The van der Waals surface area contributed by atoms with Gasteiger partial charge in [0.05, 0.1) is 17.6 Å². The summed E-state index contributed by atoms with van der Waals surface area (Å²) < 4.78 is 13.4. The van der Waals surface area contributed by atoms with E-state index in [0.29, 0.717) is 6.61 Å². The molecule has 0 unspecified atom stereocenters. The highest BCUT2D eigenvalue weighted by Gasteiger charge is 2.09. The van der Waals surface area contributed by atoms with Crippen molar-refractivity contribution in [2.24, 2.45) is 0 Å². The molecule has 1 heterocycles. The molecule has 25 heavy (non-hydrogen) atoms. The van der Waals surface area contributed by atoms with Gasteiger partial charge < -0.3 is 14.0 Å². The lowest BCUT2D eigenvalue weighted by atomic mass is 10.2. The largest absolute Gasteiger partial charge is 0.494 e. The van der Waals surface area contributed by atoms with Crippen molar-refractivity contribution in [2.75, 3.05) is 13.7 Å². The highest BCUT2D eigenvalue weighted by atomic mass is 35.5. The van der Waals surface area contributed by atoms with Gasteiger partial charge in [0.1, 0.15) is 18.2 Å². The topological polar surface area (TPSA) is 36.3 Å². The van der Waals surface area contributed by atoms with E-state index in [9.17, 15) is 0 Å². The molecule has 3 aromatic rings. The van der Waals surface area contributed by atoms with Gasteiger partial charge in [-0.25, -0.2) is 4.98 Å². The van der Waals surface area contributed by atoms with E-state index in [2.05, 4.69) is 40.7 Å². The van der Waals surface area contributed by atoms with Crippen molar-refractivity contribution >= 4 is 23.4 Å². The summed E-state index contributed by atoms with van der Waals surface area (Å²) in [6, 6.07) is 16.4. The first-order valence-electron chi connectivity index (χ1n) is 8.40. The van der Waals surface area contributed by atoms with Crippen molar-refractivity contribution in [3.63, 3.8) is 0 Å². The quantitative estimate of drug-likeness (QED) is 0.543. The minimum Gasteiger partial charge on any atom is -0.494 e. The van der Waals surface area contributed by atoms with E-state index in [1.165, 1.54) is 11.1 Å². The molecule has 0 aliphatic rings. The van der Waals surface area contributed by atoms with E-state index in [-0.39, 0.29) is 12.4 Å². The van der Waals surface area contributed by atoms with Crippen LogP contribution in [0.25, 0.3) is 11.0 Å². The van der Waals surface area contributed by atoms with Gasteiger partial charge in [0.15, 0.2) is 0 Å². The Hall–Kier alpha value is -2.04. The van der Waals surface area contributed by atoms with Gasteiger partial charge in [-0.3, -0.25) is 0 Å². The van der Waals surface area contributed by atoms with E-state index in [4.69, 9.17) is 9.47 Å². The molecule has 0 fully saturated rings. The SMILES string of the molecule is COCc1nc2ccccc2n1CCCCOc1cccc(C)c1.Cl. The van der Waals surface area contributed by atoms with Crippen LogP contribution in [0.3, 0.4) is 0 Å². The summed E-state index contributed by atoms with van der Waals surface area (Å²) >= 11 is 0. The fourth-order valence-electron chi connectivity index (χ4n) is 2.88. The first kappa shape index (κ1) is 19.3. The lowest BCUT2D eigenvalue weighted by Gasteiger charge is -2.10. The van der Waals surface area contributed by atoms with Crippen molar-refractivity contribution in [2.45, 2.75) is 32.9 Å². The van der Waals surface area contributed by atoms with Crippen molar-refractivity contribution < 1.29 is 9.47 Å². The number of hydrogen-bond acceptors (Lipinski definition) is 3. The average molecular weight is 361 g/mol. The molecule has 4 nitrogen and oxygen atoms in total. The summed E-state index contributed by atoms with van der Waals surface area (Å²) in [5.41, 5.74) is 3.42. The molecule has 0 bridgehead atoms. The molecular weight excluding hydrogens is 336 g/mol. The predicted molar refractivity (Wildman–Crippen MR) is 104 cm³/mol. The first-order valence-corrected chi connectivity index (χ1v) is 8.40. The van der Waals surface area contributed by atoms with E-state index in [1.54, 1.807) is 7.11 Å². The summed E-state index contributed by atoms with van der Waals surface area (Å²) in [5.74, 6) is 1.93. The van der Waals surface area contributed by atoms with Crippen LogP contribution in [0, 0.1) is 6.92 Å². The Kier molecular flexibility index (Phi) is 7.29. The zero-order valence-electron chi connectivity index (χ0n) is 14.8. The van der Waals surface area contributed by atoms with Crippen molar-refractivity contribution in [1.29, 1.82) is 0 Å². The van der Waals surface area contributed by atoms with Gasteiger partial charge in [-0.05, 0) is 49.6 Å². The highest BCUT2D eigenvalue weighted by molar-refractivity contribution is 5.85. The number of aryl methyl sites for hydroxylation is 2. The Morgan fingerprint density at radius 2 is 1.88 bits per heavy atom. The van der Waals surface area contributed by atoms with Gasteiger partial charge in [0.25, 0.3) is 0 Å². The maximum atomic E-state index is 5.82. The number of rotatable bonds is 8. The molecule has 0 amide bonds. The number of methoxy groups -OCH3 is 1. The summed E-state index contributed by atoms with van der Waals surface area (Å²) in [7, 11) is 1.71. The Bertz CT molecular complexity index is 801. The summed E-state index contributed by atoms with van der Waals surface area (Å²) in [6.45, 7) is 4.27. The number of fused-ring (bicyclic) bond motifs is 1. The molecule has 2 aromatic carbocycles. The molecule has 3 rings (SSSR count). The van der Waals surface area contributed by atoms with Crippen LogP contribution in [0.15, 0.2) is 48.5 Å². The van der Waals surface area contributed by atoms with Gasteiger partial charge in [0.2, 0.25) is 0 Å². The maximum absolute atomic E-state index is 5.82. The molecule has 5 heteroatoms. The molecule has 0 N–H and O–H groups in total. The zero-order valence-corrected chi connectivity index (χ0v) is 15.6. The molecule has 0 atom stereocenters. The molecule has 0 saturated heterocycles. The highest BCUT2D eigenvalue weighted by Crippen LogP contribution is 2.18. The summed E-state index contributed by atoms with van der Waals surface area (Å²) in [5, 5.41) is 0. The number of ether oxygens (including phenoxy) is 2. The van der Waals surface area contributed by atoms with Crippen LogP contribution < -0.4 is 4.74 Å². The van der Waals surface area contributed by atoms with Crippen molar-refractivity contribution in [1.82, 2.24) is 9.55 Å². The third-order valence-corrected chi connectivity index (χ3v) is 4.04. The van der Waals surface area contributed by atoms with Crippen LogP contribution in [0.1, 0.15) is 24.2 Å². The molecule has 134 valence electrons. The minimum atomic E-state index is 0. The number of aromatic nitrogens is 2. The maximum Gasteiger partial charge on any atom is 0.135 e. The molecule has 0 saturated carbocycles. The number of para-hydroxylation sites is 2. The van der Waals surface area contributed by atoms with Gasteiger partial charge in [-0.2, -0.15) is 0 Å². The molecule has 0 radical (unpaired) electrons. The first-order chi connectivity index (χ1) is 11.8. The Balaban J connectivity index is 0.00000225. The van der Waals surface area contributed by atoms with Crippen molar-refractivity contribution in [3.05, 3.63) is 59.9 Å². The van der Waals surface area contributed by atoms with E-state index < -0.39 is 0 Å². The zero-order chi connectivity index (χ0) is 16.8. The van der Waals surface area contributed by atoms with Gasteiger partial charge in [0, 0.05) is 13.7 Å². The molecule has 0 aliphatic heterocycles. The number of benzene rings is 2. The smallest absolute Gasteiger partial charge is 0.135 e. The fourth-order valence-corrected chi connectivity index (χ4v) is 2.88.